The molecule has 1 aromatic heterocycles. The molecular formula is C21H22N2O4S2. The van der Waals surface area contributed by atoms with Gasteiger partial charge in [0.1, 0.15) is 5.75 Å². The van der Waals surface area contributed by atoms with Crippen LogP contribution in [0.2, 0.25) is 0 Å². The van der Waals surface area contributed by atoms with Crippen LogP contribution in [0.4, 0.5) is 5.69 Å². The van der Waals surface area contributed by atoms with Crippen LogP contribution >= 0.6 is 11.3 Å². The second-order valence-electron chi connectivity index (χ2n) is 6.55. The van der Waals surface area contributed by atoms with Gasteiger partial charge in [-0.1, -0.05) is 0 Å². The average molecular weight is 431 g/mol. The molecule has 0 spiro atoms. The van der Waals surface area contributed by atoms with Crippen LogP contribution < -0.4 is 9.46 Å². The second kappa shape index (κ2) is 8.67. The minimum Gasteiger partial charge on any atom is -0.497 e. The fourth-order valence-corrected chi connectivity index (χ4v) is 4.74. The fraction of sp³-hybridized carbons (Fsp3) is 0.190. The number of rotatable bonds is 7. The Hall–Kier alpha value is -2.84. The first-order chi connectivity index (χ1) is 13.8. The lowest BCUT2D eigenvalue weighted by Gasteiger charge is -2.17. The number of aryl methyl sites for hydroxylation is 1. The molecule has 0 aliphatic carbocycles. The van der Waals surface area contributed by atoms with E-state index in [1.165, 1.54) is 24.3 Å². The summed E-state index contributed by atoms with van der Waals surface area (Å²) in [6.45, 7) is 2.53. The monoisotopic (exact) mass is 430 g/mol. The number of hydrogen-bond donors (Lipinski definition) is 1. The molecule has 2 aromatic carbocycles. The summed E-state index contributed by atoms with van der Waals surface area (Å²) >= 11 is 1.61. The SMILES string of the molecule is COc1ccc(NS(=O)(=O)c2ccc(C(=O)N(C)Cc3sccc3C)cc2)cc1. The van der Waals surface area contributed by atoms with Gasteiger partial charge in [0.25, 0.3) is 15.9 Å². The van der Waals surface area contributed by atoms with Crippen LogP contribution in [0, 0.1) is 6.92 Å². The molecule has 1 heterocycles. The lowest BCUT2D eigenvalue weighted by molar-refractivity contribution is 0.0786. The predicted molar refractivity (Wildman–Crippen MR) is 115 cm³/mol. The molecular weight excluding hydrogens is 408 g/mol. The van der Waals surface area contributed by atoms with Crippen molar-refractivity contribution >= 4 is 33.0 Å². The van der Waals surface area contributed by atoms with Gasteiger partial charge in [-0.05, 0) is 72.5 Å². The van der Waals surface area contributed by atoms with Crippen molar-refractivity contribution in [3.05, 3.63) is 76.0 Å². The number of nitrogens with zero attached hydrogens (tertiary/aromatic N) is 1. The van der Waals surface area contributed by atoms with Crippen molar-refractivity contribution in [1.29, 1.82) is 0 Å². The van der Waals surface area contributed by atoms with E-state index >= 15 is 0 Å². The largest absolute Gasteiger partial charge is 0.497 e. The molecule has 0 atom stereocenters. The highest BCUT2D eigenvalue weighted by Crippen LogP contribution is 2.21. The highest BCUT2D eigenvalue weighted by molar-refractivity contribution is 7.92. The van der Waals surface area contributed by atoms with E-state index < -0.39 is 10.0 Å². The molecule has 1 N–H and O–H groups in total. The van der Waals surface area contributed by atoms with Crippen LogP contribution in [-0.4, -0.2) is 33.4 Å². The van der Waals surface area contributed by atoms with Crippen LogP contribution in [0.5, 0.6) is 5.75 Å². The van der Waals surface area contributed by atoms with Crippen LogP contribution in [0.1, 0.15) is 20.8 Å². The molecule has 0 radical (unpaired) electrons. The Bertz CT molecular complexity index is 1090. The summed E-state index contributed by atoms with van der Waals surface area (Å²) in [5.41, 5.74) is 2.02. The van der Waals surface area contributed by atoms with Crippen molar-refractivity contribution in [2.75, 3.05) is 18.9 Å². The number of ether oxygens (including phenoxy) is 1. The zero-order chi connectivity index (χ0) is 21.0. The molecule has 0 saturated heterocycles. The topological polar surface area (TPSA) is 75.7 Å². The molecule has 8 heteroatoms. The average Bonchev–Trinajstić information content (AvgIpc) is 3.12. The molecule has 3 rings (SSSR count). The van der Waals surface area contributed by atoms with E-state index in [2.05, 4.69) is 4.72 Å². The predicted octanol–water partition coefficient (Wildman–Crippen LogP) is 4.14. The van der Waals surface area contributed by atoms with Gasteiger partial charge in [0.2, 0.25) is 0 Å². The maximum atomic E-state index is 12.6. The second-order valence-corrected chi connectivity index (χ2v) is 9.23. The van der Waals surface area contributed by atoms with Crippen LogP contribution in [0.15, 0.2) is 64.9 Å². The van der Waals surface area contributed by atoms with Crippen LogP contribution in [0.3, 0.4) is 0 Å². The Morgan fingerprint density at radius 2 is 1.72 bits per heavy atom. The molecule has 0 aliphatic heterocycles. The molecule has 0 fully saturated rings. The summed E-state index contributed by atoms with van der Waals surface area (Å²) < 4.78 is 32.7. The Morgan fingerprint density at radius 3 is 2.28 bits per heavy atom. The number of anilines is 1. The third-order valence-corrected chi connectivity index (χ3v) is 6.85. The summed E-state index contributed by atoms with van der Waals surface area (Å²) in [6.07, 6.45) is 0. The van der Waals surface area contributed by atoms with E-state index in [4.69, 9.17) is 4.74 Å². The maximum absolute atomic E-state index is 12.6. The zero-order valence-electron chi connectivity index (χ0n) is 16.4. The smallest absolute Gasteiger partial charge is 0.261 e. The molecule has 29 heavy (non-hydrogen) atoms. The highest BCUT2D eigenvalue weighted by Gasteiger charge is 2.17. The summed E-state index contributed by atoms with van der Waals surface area (Å²) in [7, 11) is -0.480. The van der Waals surface area contributed by atoms with Crippen LogP contribution in [0.25, 0.3) is 0 Å². The van der Waals surface area contributed by atoms with Crippen molar-refractivity contribution in [3.8, 4) is 5.75 Å². The van der Waals surface area contributed by atoms with E-state index in [0.717, 1.165) is 10.4 Å². The number of carbonyl (C=O) groups excluding carboxylic acids is 1. The summed E-state index contributed by atoms with van der Waals surface area (Å²) in [5, 5.41) is 2.00. The van der Waals surface area contributed by atoms with Gasteiger partial charge in [0.05, 0.1) is 18.6 Å². The van der Waals surface area contributed by atoms with Gasteiger partial charge in [-0.25, -0.2) is 8.42 Å². The zero-order valence-corrected chi connectivity index (χ0v) is 18.0. The van der Waals surface area contributed by atoms with Crippen LogP contribution in [-0.2, 0) is 16.6 Å². The number of methoxy groups -OCH3 is 1. The Balaban J connectivity index is 1.70. The van der Waals surface area contributed by atoms with Gasteiger partial charge < -0.3 is 9.64 Å². The first-order valence-electron chi connectivity index (χ1n) is 8.85. The Labute approximate surface area is 174 Å². The number of sulfonamides is 1. The number of thiophene rings is 1. The Morgan fingerprint density at radius 1 is 1.07 bits per heavy atom. The lowest BCUT2D eigenvalue weighted by Crippen LogP contribution is -2.26. The quantitative estimate of drug-likeness (QED) is 0.611. The number of benzene rings is 2. The van der Waals surface area contributed by atoms with Crippen molar-refractivity contribution in [2.24, 2.45) is 0 Å². The highest BCUT2D eigenvalue weighted by atomic mass is 32.2. The molecule has 6 nitrogen and oxygen atoms in total. The van der Waals surface area contributed by atoms with Crippen molar-refractivity contribution in [3.63, 3.8) is 0 Å². The number of hydrogen-bond acceptors (Lipinski definition) is 5. The first-order valence-corrected chi connectivity index (χ1v) is 11.2. The summed E-state index contributed by atoms with van der Waals surface area (Å²) in [5.74, 6) is 0.475. The standard InChI is InChI=1S/C21H22N2O4S2/c1-15-12-13-28-20(15)14-23(2)21(24)16-4-10-19(11-5-16)29(25,26)22-17-6-8-18(27-3)9-7-17/h4-13,22H,14H2,1-3H3. The van der Waals surface area contributed by atoms with Gasteiger partial charge in [0.15, 0.2) is 0 Å². The molecule has 0 bridgehead atoms. The van der Waals surface area contributed by atoms with Gasteiger partial charge in [-0.15, -0.1) is 11.3 Å². The van der Waals surface area contributed by atoms with Crippen molar-refractivity contribution < 1.29 is 17.9 Å². The third-order valence-electron chi connectivity index (χ3n) is 4.45. The summed E-state index contributed by atoms with van der Waals surface area (Å²) in [4.78, 5) is 15.5. The minimum atomic E-state index is -3.76. The minimum absolute atomic E-state index is 0.0848. The van der Waals surface area contributed by atoms with E-state index in [1.54, 1.807) is 54.7 Å². The number of nitrogens with one attached hydrogen (secondary N) is 1. The van der Waals surface area contributed by atoms with Crippen molar-refractivity contribution in [2.45, 2.75) is 18.4 Å². The maximum Gasteiger partial charge on any atom is 0.261 e. The third kappa shape index (κ3) is 4.96. The lowest BCUT2D eigenvalue weighted by atomic mass is 10.2. The first kappa shape index (κ1) is 20.9. The Kier molecular flexibility index (Phi) is 6.24. The molecule has 0 aliphatic rings. The number of carbonyl (C=O) groups is 1. The number of amides is 1. The van der Waals surface area contributed by atoms with Gasteiger partial charge >= 0.3 is 0 Å². The molecule has 0 unspecified atom stereocenters. The van der Waals surface area contributed by atoms with Crippen molar-refractivity contribution in [1.82, 2.24) is 4.90 Å². The molecule has 0 saturated carbocycles. The molecule has 1 amide bonds. The molecule has 152 valence electrons. The van der Waals surface area contributed by atoms with Gasteiger partial charge in [-0.2, -0.15) is 0 Å². The van der Waals surface area contributed by atoms with E-state index in [1.807, 2.05) is 18.4 Å². The van der Waals surface area contributed by atoms with E-state index in [-0.39, 0.29) is 10.8 Å². The van der Waals surface area contributed by atoms with Gasteiger partial charge in [0, 0.05) is 23.2 Å². The fourth-order valence-electron chi connectivity index (χ4n) is 2.72. The van der Waals surface area contributed by atoms with Gasteiger partial charge in [-0.3, -0.25) is 9.52 Å². The van der Waals surface area contributed by atoms with E-state index in [0.29, 0.717) is 23.5 Å². The summed E-state index contributed by atoms with van der Waals surface area (Å²) in [6, 6.07) is 14.5. The van der Waals surface area contributed by atoms with E-state index in [9.17, 15) is 13.2 Å². The molecule has 3 aromatic rings. The normalized spacial score (nSPS) is 11.1.